The molecule has 1 aromatic heterocycles. The smallest absolute Gasteiger partial charge is 0.416 e. The number of hydrogen-bond acceptors (Lipinski definition) is 6. The molecular formula is C31H41F3N6O2. The number of halogens is 3. The van der Waals surface area contributed by atoms with Crippen molar-refractivity contribution in [3.8, 4) is 0 Å². The van der Waals surface area contributed by atoms with E-state index in [1.807, 2.05) is 13.8 Å². The van der Waals surface area contributed by atoms with Gasteiger partial charge in [0.15, 0.2) is 5.82 Å². The Hall–Kier alpha value is -3.60. The number of fused-ring (bicyclic) bond motifs is 1. The first kappa shape index (κ1) is 31.3. The highest BCUT2D eigenvalue weighted by Gasteiger charge is 2.33. The van der Waals surface area contributed by atoms with Crippen LogP contribution in [0.25, 0.3) is 10.8 Å². The molecule has 8 nitrogen and oxygen atoms in total. The number of benzene rings is 2. The number of piperazine rings is 1. The van der Waals surface area contributed by atoms with E-state index in [0.29, 0.717) is 17.9 Å². The first-order valence-electron chi connectivity index (χ1n) is 14.7. The average Bonchev–Trinajstić information content (AvgIpc) is 2.95. The minimum atomic E-state index is -4.41. The van der Waals surface area contributed by atoms with Crippen molar-refractivity contribution < 1.29 is 23.1 Å². The second-order valence-electron chi connectivity index (χ2n) is 11.1. The Morgan fingerprint density at radius 1 is 0.976 bits per heavy atom. The molecule has 1 saturated heterocycles. The van der Waals surface area contributed by atoms with Gasteiger partial charge in [-0.15, -0.1) is 5.10 Å². The van der Waals surface area contributed by atoms with Crippen LogP contribution in [0.5, 0.6) is 0 Å². The maximum atomic E-state index is 13.5. The third-order valence-corrected chi connectivity index (χ3v) is 8.11. The van der Waals surface area contributed by atoms with Crippen molar-refractivity contribution in [2.75, 3.05) is 49.5 Å². The molecule has 11 heteroatoms. The van der Waals surface area contributed by atoms with E-state index in [-0.39, 0.29) is 5.56 Å². The molecule has 228 valence electrons. The fourth-order valence-corrected chi connectivity index (χ4v) is 5.71. The van der Waals surface area contributed by atoms with Crippen LogP contribution in [0.1, 0.15) is 67.5 Å². The SMILES string of the molecule is Cc1c(C(C)Nc2nnc(C)c3ccc(N4CCN(CCCCCCCNC(=O)O)CC4)cc23)cccc1C(F)(F)F. The highest BCUT2D eigenvalue weighted by Crippen LogP contribution is 2.36. The molecule has 1 aliphatic rings. The summed E-state index contributed by atoms with van der Waals surface area (Å²) in [7, 11) is 0. The van der Waals surface area contributed by atoms with Gasteiger partial charge in [0.25, 0.3) is 0 Å². The van der Waals surface area contributed by atoms with E-state index in [0.717, 1.165) is 93.0 Å². The maximum absolute atomic E-state index is 13.5. The molecule has 1 amide bonds. The van der Waals surface area contributed by atoms with Crippen molar-refractivity contribution in [3.05, 3.63) is 58.8 Å². The maximum Gasteiger partial charge on any atom is 0.416 e. The number of nitrogens with one attached hydrogen (secondary N) is 2. The van der Waals surface area contributed by atoms with Crippen LogP contribution in [-0.2, 0) is 6.18 Å². The molecule has 3 N–H and O–H groups in total. The molecule has 0 spiro atoms. The highest BCUT2D eigenvalue weighted by molar-refractivity contribution is 5.95. The summed E-state index contributed by atoms with van der Waals surface area (Å²) in [5.74, 6) is 0.555. The summed E-state index contributed by atoms with van der Waals surface area (Å²) in [6, 6.07) is 10.2. The molecular weight excluding hydrogens is 545 g/mol. The Bertz CT molecular complexity index is 1360. The van der Waals surface area contributed by atoms with Gasteiger partial charge < -0.3 is 20.6 Å². The Morgan fingerprint density at radius 3 is 2.40 bits per heavy atom. The quantitative estimate of drug-likeness (QED) is 0.202. The average molecular weight is 587 g/mol. The lowest BCUT2D eigenvalue weighted by Gasteiger charge is -2.36. The van der Waals surface area contributed by atoms with Crippen LogP contribution in [0.4, 0.5) is 29.5 Å². The summed E-state index contributed by atoms with van der Waals surface area (Å²) in [5.41, 5.74) is 2.05. The molecule has 2 aromatic carbocycles. The van der Waals surface area contributed by atoms with Crippen LogP contribution < -0.4 is 15.5 Å². The van der Waals surface area contributed by atoms with Crippen LogP contribution >= 0.6 is 0 Å². The van der Waals surface area contributed by atoms with Crippen LogP contribution in [0, 0.1) is 13.8 Å². The zero-order valence-corrected chi connectivity index (χ0v) is 24.6. The van der Waals surface area contributed by atoms with Gasteiger partial charge in [0.1, 0.15) is 0 Å². The van der Waals surface area contributed by atoms with Crippen molar-refractivity contribution in [3.63, 3.8) is 0 Å². The van der Waals surface area contributed by atoms with E-state index >= 15 is 0 Å². The van der Waals surface area contributed by atoms with E-state index in [1.165, 1.54) is 13.0 Å². The van der Waals surface area contributed by atoms with E-state index in [4.69, 9.17) is 5.11 Å². The summed E-state index contributed by atoms with van der Waals surface area (Å²) in [6.07, 6.45) is -0.0541. The lowest BCUT2D eigenvalue weighted by Crippen LogP contribution is -2.46. The van der Waals surface area contributed by atoms with Gasteiger partial charge in [-0.3, -0.25) is 4.90 Å². The molecule has 0 aliphatic carbocycles. The van der Waals surface area contributed by atoms with Crippen molar-refractivity contribution in [1.82, 2.24) is 20.4 Å². The highest BCUT2D eigenvalue weighted by atomic mass is 19.4. The first-order chi connectivity index (χ1) is 20.0. The fourth-order valence-electron chi connectivity index (χ4n) is 5.71. The van der Waals surface area contributed by atoms with E-state index in [2.05, 4.69) is 48.8 Å². The lowest BCUT2D eigenvalue weighted by molar-refractivity contribution is -0.138. The van der Waals surface area contributed by atoms with Crippen LogP contribution in [0.3, 0.4) is 0 Å². The number of nitrogens with zero attached hydrogens (tertiary/aromatic N) is 4. The molecule has 0 bridgehead atoms. The number of carboxylic acid groups (broad SMARTS) is 1. The zero-order valence-electron chi connectivity index (χ0n) is 24.6. The molecule has 0 saturated carbocycles. The Balaban J connectivity index is 1.36. The van der Waals surface area contributed by atoms with Crippen molar-refractivity contribution in [1.29, 1.82) is 0 Å². The molecule has 1 atom stereocenters. The number of amides is 1. The third kappa shape index (κ3) is 8.02. The van der Waals surface area contributed by atoms with Crippen LogP contribution in [0.15, 0.2) is 36.4 Å². The van der Waals surface area contributed by atoms with E-state index in [9.17, 15) is 18.0 Å². The topological polar surface area (TPSA) is 93.6 Å². The molecule has 1 unspecified atom stereocenters. The van der Waals surface area contributed by atoms with Gasteiger partial charge >= 0.3 is 12.3 Å². The number of aromatic nitrogens is 2. The van der Waals surface area contributed by atoms with Gasteiger partial charge in [0.2, 0.25) is 0 Å². The number of anilines is 2. The van der Waals surface area contributed by atoms with Gasteiger partial charge in [-0.05, 0) is 69.5 Å². The molecule has 4 rings (SSSR count). The van der Waals surface area contributed by atoms with E-state index < -0.39 is 23.9 Å². The Labute approximate surface area is 245 Å². The lowest BCUT2D eigenvalue weighted by atomic mass is 9.97. The number of carbonyl (C=O) groups is 1. The summed E-state index contributed by atoms with van der Waals surface area (Å²) in [4.78, 5) is 15.3. The summed E-state index contributed by atoms with van der Waals surface area (Å²) >= 11 is 0. The van der Waals surface area contributed by atoms with Gasteiger partial charge in [-0.2, -0.15) is 18.3 Å². The zero-order chi connectivity index (χ0) is 30.3. The third-order valence-electron chi connectivity index (χ3n) is 8.11. The summed E-state index contributed by atoms with van der Waals surface area (Å²) in [6.45, 7) is 10.6. The monoisotopic (exact) mass is 586 g/mol. The minimum Gasteiger partial charge on any atom is -0.465 e. The molecule has 42 heavy (non-hydrogen) atoms. The normalized spacial score (nSPS) is 15.1. The Morgan fingerprint density at radius 2 is 1.69 bits per heavy atom. The number of hydrogen-bond donors (Lipinski definition) is 3. The summed E-state index contributed by atoms with van der Waals surface area (Å²) < 4.78 is 40.5. The fraction of sp³-hybridized carbons (Fsp3) is 0.516. The van der Waals surface area contributed by atoms with Crippen molar-refractivity contribution in [2.45, 2.75) is 65.1 Å². The Kier molecular flexibility index (Phi) is 10.5. The minimum absolute atomic E-state index is 0.209. The number of alkyl halides is 3. The van der Waals surface area contributed by atoms with Crippen LogP contribution in [-0.4, -0.2) is 65.6 Å². The first-order valence-corrected chi connectivity index (χ1v) is 14.7. The second-order valence-corrected chi connectivity index (χ2v) is 11.1. The largest absolute Gasteiger partial charge is 0.465 e. The predicted molar refractivity (Wildman–Crippen MR) is 160 cm³/mol. The van der Waals surface area contributed by atoms with Gasteiger partial charge in [0.05, 0.1) is 17.3 Å². The molecule has 2 heterocycles. The van der Waals surface area contributed by atoms with Gasteiger partial charge in [0, 0.05) is 49.2 Å². The van der Waals surface area contributed by atoms with Gasteiger partial charge in [-0.25, -0.2) is 4.79 Å². The molecule has 3 aromatic rings. The van der Waals surface area contributed by atoms with Crippen molar-refractivity contribution >= 4 is 28.4 Å². The predicted octanol–water partition coefficient (Wildman–Crippen LogP) is 6.78. The van der Waals surface area contributed by atoms with Gasteiger partial charge in [-0.1, -0.05) is 37.5 Å². The molecule has 0 radical (unpaired) electrons. The number of rotatable bonds is 12. The van der Waals surface area contributed by atoms with Crippen molar-refractivity contribution in [2.24, 2.45) is 0 Å². The summed E-state index contributed by atoms with van der Waals surface area (Å²) in [5, 5.41) is 24.9. The van der Waals surface area contributed by atoms with E-state index in [1.54, 1.807) is 6.07 Å². The number of unbranched alkanes of at least 4 members (excludes halogenated alkanes) is 4. The molecule has 1 fully saturated rings. The standard InChI is InChI=1S/C31H41F3N6O2/c1-21-25(10-9-11-28(21)31(32,33)34)22(2)36-29-27-20-24(12-13-26(27)23(3)37-38-29)40-18-16-39(17-19-40)15-8-6-4-5-7-14-35-30(41)42/h9-13,20,22,35H,4-8,14-19H2,1-3H3,(H,36,38)(H,41,42). The molecule has 1 aliphatic heterocycles. The number of aryl methyl sites for hydroxylation is 1. The second kappa shape index (κ2) is 14.0. The van der Waals surface area contributed by atoms with Crippen LogP contribution in [0.2, 0.25) is 0 Å².